The lowest BCUT2D eigenvalue weighted by Crippen LogP contribution is -2.68. The van der Waals surface area contributed by atoms with Crippen molar-refractivity contribution in [2.45, 2.75) is 65.7 Å². The molecule has 0 aliphatic heterocycles. The molecule has 0 bridgehead atoms. The molecule has 52 heavy (non-hydrogen) atoms. The van der Waals surface area contributed by atoms with Crippen LogP contribution in [0, 0.1) is 23.7 Å². The first-order chi connectivity index (χ1) is 24.8. The molecule has 4 nitrogen and oxygen atoms in total. The standard InChI is InChI=1S/C46H53IO4Si/c1-9-16-35(2)43(47)31-38(34-50-33-37-23-26-39(49-8)27-24-37)32-46(6,7)44(48)30-25-36-21-28-40(29-22-36)51-52(45(3,4)5,41-17-12-10-13-18-41)42-19-14-11-15-20-42/h1,10-31,38,44,48H,32-34H2,2-8H3/b30-25+,35-16+,43-31-/t38-,44?/m0/s1. The number of halogens is 1. The highest BCUT2D eigenvalue weighted by molar-refractivity contribution is 14.1. The number of allylic oxidation sites excluding steroid dienone is 3. The molecule has 6 heteroatoms. The number of hydrogen-bond acceptors (Lipinski definition) is 4. The Labute approximate surface area is 326 Å². The van der Waals surface area contributed by atoms with Crippen LogP contribution in [0.2, 0.25) is 5.04 Å². The van der Waals surface area contributed by atoms with E-state index in [4.69, 9.17) is 20.3 Å². The number of methoxy groups -OCH3 is 1. The van der Waals surface area contributed by atoms with Gasteiger partial charge in [-0.2, -0.15) is 0 Å². The van der Waals surface area contributed by atoms with Crippen molar-refractivity contribution in [3.63, 3.8) is 0 Å². The summed E-state index contributed by atoms with van der Waals surface area (Å²) in [6.45, 7) is 14.1. The van der Waals surface area contributed by atoms with Gasteiger partial charge >= 0.3 is 8.32 Å². The summed E-state index contributed by atoms with van der Waals surface area (Å²) in [5, 5.41) is 13.8. The van der Waals surface area contributed by atoms with Gasteiger partial charge in [0, 0.05) is 9.50 Å². The third-order valence-corrected chi connectivity index (χ3v) is 15.6. The summed E-state index contributed by atoms with van der Waals surface area (Å²) in [7, 11) is -1.07. The summed E-state index contributed by atoms with van der Waals surface area (Å²) in [4.78, 5) is 0. The maximum atomic E-state index is 11.5. The minimum atomic E-state index is -2.73. The van der Waals surface area contributed by atoms with E-state index in [9.17, 15) is 5.11 Å². The quantitative estimate of drug-likeness (QED) is 0.0529. The lowest BCUT2D eigenvalue weighted by atomic mass is 9.77. The van der Waals surface area contributed by atoms with Crippen LogP contribution >= 0.6 is 22.6 Å². The zero-order chi connectivity index (χ0) is 37.8. The molecule has 4 rings (SSSR count). The van der Waals surface area contributed by atoms with Crippen LogP contribution in [0.4, 0.5) is 0 Å². The number of aliphatic hydroxyl groups is 1. The van der Waals surface area contributed by atoms with Gasteiger partial charge in [0.25, 0.3) is 0 Å². The van der Waals surface area contributed by atoms with Crippen LogP contribution in [0.5, 0.6) is 11.5 Å². The first-order valence-corrected chi connectivity index (χ1v) is 20.8. The van der Waals surface area contributed by atoms with Crippen molar-refractivity contribution < 1.29 is 19.0 Å². The van der Waals surface area contributed by atoms with E-state index in [-0.39, 0.29) is 11.0 Å². The predicted molar refractivity (Wildman–Crippen MR) is 229 cm³/mol. The lowest BCUT2D eigenvalue weighted by Gasteiger charge is -2.43. The first kappa shape index (κ1) is 40.9. The van der Waals surface area contributed by atoms with E-state index in [0.29, 0.717) is 19.6 Å². The Morgan fingerprint density at radius 1 is 0.846 bits per heavy atom. The Morgan fingerprint density at radius 3 is 1.92 bits per heavy atom. The summed E-state index contributed by atoms with van der Waals surface area (Å²) in [6, 6.07) is 37.4. The average molecular weight is 825 g/mol. The molecule has 1 unspecified atom stereocenters. The van der Waals surface area contributed by atoms with Crippen molar-refractivity contribution >= 4 is 47.4 Å². The fraction of sp³-hybridized carbons (Fsp3) is 0.304. The lowest BCUT2D eigenvalue weighted by molar-refractivity contribution is 0.0449. The molecule has 4 aromatic rings. The van der Waals surface area contributed by atoms with Crippen LogP contribution in [-0.4, -0.2) is 33.2 Å². The van der Waals surface area contributed by atoms with Crippen molar-refractivity contribution in [2.75, 3.05) is 13.7 Å². The van der Waals surface area contributed by atoms with Gasteiger partial charge in [0.05, 0.1) is 26.4 Å². The molecular formula is C46H53IO4Si. The molecule has 0 aliphatic rings. The van der Waals surface area contributed by atoms with Gasteiger partial charge in [-0.15, -0.1) is 6.42 Å². The number of benzene rings is 4. The molecule has 0 heterocycles. The van der Waals surface area contributed by atoms with Gasteiger partial charge < -0.3 is 19.0 Å². The first-order valence-electron chi connectivity index (χ1n) is 17.8. The Balaban J connectivity index is 1.50. The van der Waals surface area contributed by atoms with E-state index >= 15 is 0 Å². The van der Waals surface area contributed by atoms with Crippen LogP contribution in [0.3, 0.4) is 0 Å². The highest BCUT2D eigenvalue weighted by Crippen LogP contribution is 2.38. The molecule has 0 spiro atoms. The zero-order valence-corrected chi connectivity index (χ0v) is 34.8. The maximum absolute atomic E-state index is 11.5. The molecule has 0 saturated carbocycles. The van der Waals surface area contributed by atoms with Crippen LogP contribution in [0.1, 0.15) is 59.1 Å². The van der Waals surface area contributed by atoms with Crippen LogP contribution in [0.25, 0.3) is 6.08 Å². The molecule has 4 aromatic carbocycles. The summed E-state index contributed by atoms with van der Waals surface area (Å²) in [5.41, 5.74) is 2.66. The van der Waals surface area contributed by atoms with E-state index in [0.717, 1.165) is 31.8 Å². The van der Waals surface area contributed by atoms with Crippen LogP contribution < -0.4 is 19.5 Å². The second-order valence-electron chi connectivity index (χ2n) is 15.0. The van der Waals surface area contributed by atoms with E-state index in [1.807, 2.05) is 55.5 Å². The monoisotopic (exact) mass is 824 g/mol. The molecule has 0 fully saturated rings. The Hall–Kier alpha value is -3.87. The number of aliphatic hydroxyl groups excluding tert-OH is 1. The fourth-order valence-corrected chi connectivity index (χ4v) is 11.6. The third kappa shape index (κ3) is 10.8. The molecular weight excluding hydrogens is 771 g/mol. The third-order valence-electron chi connectivity index (χ3n) is 9.45. The fourth-order valence-electron chi connectivity index (χ4n) is 6.48. The van der Waals surface area contributed by atoms with E-state index in [1.54, 1.807) is 13.2 Å². The number of hydrogen-bond donors (Lipinski definition) is 1. The maximum Gasteiger partial charge on any atom is 0.319 e. The molecule has 0 aliphatic carbocycles. The van der Waals surface area contributed by atoms with Crippen molar-refractivity contribution in [3.05, 3.63) is 148 Å². The van der Waals surface area contributed by atoms with Gasteiger partial charge in [0.15, 0.2) is 0 Å². The molecule has 2 atom stereocenters. The highest BCUT2D eigenvalue weighted by atomic mass is 127. The van der Waals surface area contributed by atoms with Gasteiger partial charge in [-0.25, -0.2) is 0 Å². The minimum Gasteiger partial charge on any atom is -0.534 e. The van der Waals surface area contributed by atoms with Crippen LogP contribution in [-0.2, 0) is 11.3 Å². The van der Waals surface area contributed by atoms with Crippen molar-refractivity contribution in [1.29, 1.82) is 0 Å². The van der Waals surface area contributed by atoms with Gasteiger partial charge in [0.1, 0.15) is 11.5 Å². The molecule has 1 N–H and O–H groups in total. The summed E-state index contributed by atoms with van der Waals surface area (Å²) >= 11 is 2.34. The van der Waals surface area contributed by atoms with E-state index < -0.39 is 19.8 Å². The van der Waals surface area contributed by atoms with Crippen molar-refractivity contribution in [2.24, 2.45) is 11.3 Å². The Bertz CT molecular complexity index is 1790. The second kappa shape index (κ2) is 18.8. The number of terminal acetylenes is 1. The molecule has 272 valence electrons. The highest BCUT2D eigenvalue weighted by Gasteiger charge is 2.52. The predicted octanol–water partition coefficient (Wildman–Crippen LogP) is 10.2. The minimum absolute atomic E-state index is 0.0576. The molecule has 0 saturated heterocycles. The van der Waals surface area contributed by atoms with Gasteiger partial charge in [-0.05, 0) is 104 Å². The number of ether oxygens (including phenoxy) is 2. The Morgan fingerprint density at radius 2 is 1.40 bits per heavy atom. The Kier molecular flexibility index (Phi) is 14.7. The topological polar surface area (TPSA) is 47.9 Å². The van der Waals surface area contributed by atoms with Crippen LogP contribution in [0.15, 0.2) is 137 Å². The number of rotatable bonds is 16. The summed E-state index contributed by atoms with van der Waals surface area (Å²) in [5.74, 6) is 4.34. The SMILES string of the molecule is C#C/C=C(C)/C(I)=C/[C@H](COCc1ccc(OC)cc1)CC(C)(C)C(O)/C=C/c1ccc(O[Si](c2ccccc2)(c2ccccc2)C(C)(C)C)cc1. The van der Waals surface area contributed by atoms with Crippen molar-refractivity contribution in [3.8, 4) is 23.8 Å². The zero-order valence-electron chi connectivity index (χ0n) is 31.6. The second-order valence-corrected chi connectivity index (χ2v) is 20.3. The summed E-state index contributed by atoms with van der Waals surface area (Å²) in [6.07, 6.45) is 13.5. The smallest absolute Gasteiger partial charge is 0.319 e. The molecule has 0 amide bonds. The van der Waals surface area contributed by atoms with E-state index in [1.165, 1.54) is 10.4 Å². The van der Waals surface area contributed by atoms with Gasteiger partial charge in [0.2, 0.25) is 0 Å². The van der Waals surface area contributed by atoms with E-state index in [2.05, 4.69) is 142 Å². The van der Waals surface area contributed by atoms with Gasteiger partial charge in [-0.1, -0.05) is 144 Å². The average Bonchev–Trinajstić information content (AvgIpc) is 3.13. The molecule has 0 aromatic heterocycles. The normalized spacial score (nSPS) is 14.2. The summed E-state index contributed by atoms with van der Waals surface area (Å²) < 4.78 is 19.8. The van der Waals surface area contributed by atoms with Gasteiger partial charge in [-0.3, -0.25) is 0 Å². The molecule has 0 radical (unpaired) electrons. The largest absolute Gasteiger partial charge is 0.534 e. The van der Waals surface area contributed by atoms with Crippen molar-refractivity contribution in [1.82, 2.24) is 0 Å².